The van der Waals surface area contributed by atoms with Crippen molar-refractivity contribution in [1.82, 2.24) is 9.78 Å². The molecule has 80 valence electrons. The van der Waals surface area contributed by atoms with E-state index in [1.165, 1.54) is 5.56 Å². The predicted octanol–water partition coefficient (Wildman–Crippen LogP) is 2.09. The molecule has 0 fully saturated rings. The maximum atomic E-state index is 9.68. The Morgan fingerprint density at radius 2 is 2.07 bits per heavy atom. The lowest BCUT2D eigenvalue weighted by Crippen LogP contribution is -2.27. The number of aliphatic hydroxyl groups is 1. The molecule has 3 nitrogen and oxygen atoms in total. The van der Waals surface area contributed by atoms with Crippen molar-refractivity contribution in [1.29, 1.82) is 0 Å². The van der Waals surface area contributed by atoms with Crippen LogP contribution in [0.2, 0.25) is 0 Å². The van der Waals surface area contributed by atoms with Crippen LogP contribution in [0.4, 0.5) is 0 Å². The van der Waals surface area contributed by atoms with Gasteiger partial charge in [0.2, 0.25) is 0 Å². The van der Waals surface area contributed by atoms with Crippen molar-refractivity contribution in [3.63, 3.8) is 0 Å². The summed E-state index contributed by atoms with van der Waals surface area (Å²) in [7, 11) is 0. The second kappa shape index (κ2) is 3.73. The van der Waals surface area contributed by atoms with E-state index >= 15 is 0 Å². The zero-order chi connectivity index (χ0) is 10.9. The zero-order valence-electron chi connectivity index (χ0n) is 9.70. The molecule has 0 saturated heterocycles. The van der Waals surface area contributed by atoms with Crippen LogP contribution in [-0.2, 0) is 6.54 Å². The minimum absolute atomic E-state index is 0.491. The largest absolute Gasteiger partial charge is 0.389 e. The van der Waals surface area contributed by atoms with Crippen LogP contribution in [0.25, 0.3) is 0 Å². The van der Waals surface area contributed by atoms with Gasteiger partial charge in [-0.1, -0.05) is 13.8 Å². The number of hydrogen-bond donors (Lipinski definition) is 1. The highest BCUT2D eigenvalue weighted by molar-refractivity contribution is 5.19. The predicted molar refractivity (Wildman–Crippen MR) is 57.4 cm³/mol. The average molecular weight is 196 g/mol. The summed E-state index contributed by atoms with van der Waals surface area (Å²) >= 11 is 0. The molecule has 0 aliphatic carbocycles. The third-order valence-electron chi connectivity index (χ3n) is 2.30. The van der Waals surface area contributed by atoms with Crippen molar-refractivity contribution < 1.29 is 5.11 Å². The molecule has 1 aromatic rings. The van der Waals surface area contributed by atoms with Gasteiger partial charge in [0.05, 0.1) is 18.3 Å². The van der Waals surface area contributed by atoms with E-state index in [-0.39, 0.29) is 0 Å². The first-order valence-corrected chi connectivity index (χ1v) is 5.06. The first-order chi connectivity index (χ1) is 6.31. The molecule has 1 N–H and O–H groups in total. The smallest absolute Gasteiger partial charge is 0.0786 e. The molecule has 0 aromatic carbocycles. The van der Waals surface area contributed by atoms with Crippen LogP contribution in [0.1, 0.15) is 44.9 Å². The summed E-state index contributed by atoms with van der Waals surface area (Å²) in [5.41, 5.74) is 1.71. The fraction of sp³-hybridized carbons (Fsp3) is 0.727. The van der Waals surface area contributed by atoms with Crippen molar-refractivity contribution in [3.8, 4) is 0 Å². The number of aromatic nitrogens is 2. The van der Waals surface area contributed by atoms with Gasteiger partial charge in [-0.15, -0.1) is 0 Å². The molecule has 1 rings (SSSR count). The average Bonchev–Trinajstić information content (AvgIpc) is 2.29. The highest BCUT2D eigenvalue weighted by atomic mass is 16.3. The molecule has 0 unspecified atom stereocenters. The van der Waals surface area contributed by atoms with Crippen LogP contribution < -0.4 is 0 Å². The van der Waals surface area contributed by atoms with E-state index < -0.39 is 5.60 Å². The Morgan fingerprint density at radius 3 is 2.43 bits per heavy atom. The highest BCUT2D eigenvalue weighted by Gasteiger charge is 2.17. The van der Waals surface area contributed by atoms with E-state index in [2.05, 4.69) is 18.9 Å². The molecule has 1 aromatic heterocycles. The molecular formula is C11H20N2O. The molecule has 1 heterocycles. The van der Waals surface area contributed by atoms with Crippen molar-refractivity contribution >= 4 is 0 Å². The molecule has 0 bridgehead atoms. The maximum Gasteiger partial charge on any atom is 0.0786 e. The summed E-state index contributed by atoms with van der Waals surface area (Å²) in [4.78, 5) is 0. The molecule has 0 aliphatic rings. The van der Waals surface area contributed by atoms with Crippen molar-refractivity contribution in [2.45, 2.75) is 52.7 Å². The van der Waals surface area contributed by atoms with Gasteiger partial charge in [-0.3, -0.25) is 4.68 Å². The van der Waals surface area contributed by atoms with Gasteiger partial charge in [0, 0.05) is 5.69 Å². The van der Waals surface area contributed by atoms with E-state index in [0.717, 1.165) is 5.69 Å². The standard InChI is InChI=1S/C11H20N2O/c1-8(2)10-6-12-13(9(10)3)7-11(4,5)14/h6,8,14H,7H2,1-5H3. The van der Waals surface area contributed by atoms with E-state index in [1.54, 1.807) is 13.8 Å². The van der Waals surface area contributed by atoms with Gasteiger partial charge in [-0.25, -0.2) is 0 Å². The summed E-state index contributed by atoms with van der Waals surface area (Å²) in [6.45, 7) is 10.5. The van der Waals surface area contributed by atoms with Crippen molar-refractivity contribution in [3.05, 3.63) is 17.5 Å². The van der Waals surface area contributed by atoms with E-state index in [9.17, 15) is 5.11 Å². The van der Waals surface area contributed by atoms with Gasteiger partial charge in [-0.05, 0) is 32.3 Å². The van der Waals surface area contributed by atoms with E-state index in [0.29, 0.717) is 12.5 Å². The van der Waals surface area contributed by atoms with Gasteiger partial charge >= 0.3 is 0 Å². The van der Waals surface area contributed by atoms with E-state index in [4.69, 9.17) is 0 Å². The number of hydrogen-bond acceptors (Lipinski definition) is 2. The Morgan fingerprint density at radius 1 is 1.50 bits per heavy atom. The Labute approximate surface area is 85.8 Å². The van der Waals surface area contributed by atoms with Gasteiger partial charge in [-0.2, -0.15) is 5.10 Å². The van der Waals surface area contributed by atoms with Crippen LogP contribution in [0.3, 0.4) is 0 Å². The Kier molecular flexibility index (Phi) is 3.00. The second-order valence-electron chi connectivity index (χ2n) is 4.81. The molecule has 0 aliphatic heterocycles. The zero-order valence-corrected chi connectivity index (χ0v) is 9.70. The fourth-order valence-electron chi connectivity index (χ4n) is 1.55. The van der Waals surface area contributed by atoms with Crippen LogP contribution in [0.15, 0.2) is 6.20 Å². The molecular weight excluding hydrogens is 176 g/mol. The molecule has 0 amide bonds. The van der Waals surface area contributed by atoms with Crippen LogP contribution in [0, 0.1) is 6.92 Å². The minimum atomic E-state index is -0.703. The van der Waals surface area contributed by atoms with Gasteiger partial charge < -0.3 is 5.11 Å². The third kappa shape index (κ3) is 2.58. The van der Waals surface area contributed by atoms with Gasteiger partial charge in [0.15, 0.2) is 0 Å². The summed E-state index contributed by atoms with van der Waals surface area (Å²) in [6.07, 6.45) is 1.89. The maximum absolute atomic E-state index is 9.68. The summed E-state index contributed by atoms with van der Waals surface area (Å²) in [5, 5.41) is 14.0. The Bertz CT molecular complexity index is 308. The summed E-state index contributed by atoms with van der Waals surface area (Å²) < 4.78 is 1.87. The molecule has 0 atom stereocenters. The normalized spacial score (nSPS) is 12.5. The molecule has 0 saturated carbocycles. The first kappa shape index (κ1) is 11.2. The topological polar surface area (TPSA) is 38.0 Å². The highest BCUT2D eigenvalue weighted by Crippen LogP contribution is 2.19. The molecule has 14 heavy (non-hydrogen) atoms. The van der Waals surface area contributed by atoms with E-state index in [1.807, 2.05) is 17.8 Å². The quantitative estimate of drug-likeness (QED) is 0.803. The second-order valence-corrected chi connectivity index (χ2v) is 4.81. The SMILES string of the molecule is Cc1c(C(C)C)cnn1CC(C)(C)O. The third-order valence-corrected chi connectivity index (χ3v) is 2.30. The lowest BCUT2D eigenvalue weighted by molar-refractivity contribution is 0.0570. The van der Waals surface area contributed by atoms with Crippen LogP contribution in [0.5, 0.6) is 0 Å². The first-order valence-electron chi connectivity index (χ1n) is 5.06. The summed E-state index contributed by atoms with van der Waals surface area (Å²) in [5.74, 6) is 0.491. The van der Waals surface area contributed by atoms with Gasteiger partial charge in [0.25, 0.3) is 0 Å². The fourth-order valence-corrected chi connectivity index (χ4v) is 1.55. The Hall–Kier alpha value is -0.830. The lowest BCUT2D eigenvalue weighted by atomic mass is 10.0. The monoisotopic (exact) mass is 196 g/mol. The minimum Gasteiger partial charge on any atom is -0.389 e. The van der Waals surface area contributed by atoms with Crippen molar-refractivity contribution in [2.24, 2.45) is 0 Å². The number of rotatable bonds is 3. The molecule has 0 radical (unpaired) electrons. The molecule has 0 spiro atoms. The van der Waals surface area contributed by atoms with Crippen LogP contribution in [-0.4, -0.2) is 20.5 Å². The Balaban J connectivity index is 2.91. The molecule has 3 heteroatoms. The summed E-state index contributed by atoms with van der Waals surface area (Å²) in [6, 6.07) is 0. The van der Waals surface area contributed by atoms with Crippen molar-refractivity contribution in [2.75, 3.05) is 0 Å². The number of nitrogens with zero attached hydrogens (tertiary/aromatic N) is 2. The lowest BCUT2D eigenvalue weighted by Gasteiger charge is -2.18. The van der Waals surface area contributed by atoms with Gasteiger partial charge in [0.1, 0.15) is 0 Å². The van der Waals surface area contributed by atoms with Crippen LogP contribution >= 0.6 is 0 Å².